The molecule has 220 valence electrons. The lowest BCUT2D eigenvalue weighted by Gasteiger charge is -2.16. The van der Waals surface area contributed by atoms with Crippen LogP contribution in [0.15, 0.2) is 78.4 Å². The van der Waals surface area contributed by atoms with Crippen LogP contribution in [0, 0.1) is 0 Å². The molecule has 0 fully saturated rings. The molecule has 0 saturated carbocycles. The Morgan fingerprint density at radius 1 is 0.780 bits per heavy atom. The minimum atomic E-state index is -0.415. The zero-order valence-corrected chi connectivity index (χ0v) is 25.4. The van der Waals surface area contributed by atoms with Crippen LogP contribution in [0.1, 0.15) is 62.6 Å². The summed E-state index contributed by atoms with van der Waals surface area (Å²) >= 11 is 0. The van der Waals surface area contributed by atoms with Gasteiger partial charge in [-0.1, -0.05) is 68.2 Å². The first-order valence-electron chi connectivity index (χ1n) is 14.7. The highest BCUT2D eigenvalue weighted by Gasteiger charge is 2.12. The average molecular weight is 559 g/mol. The topological polar surface area (TPSA) is 60.0 Å². The number of methoxy groups -OCH3 is 1. The molecule has 0 radical (unpaired) electrons. The molecule has 0 heterocycles. The fourth-order valence-electron chi connectivity index (χ4n) is 4.66. The summed E-state index contributed by atoms with van der Waals surface area (Å²) < 4.78 is 16.8. The lowest BCUT2D eigenvalue weighted by molar-refractivity contribution is 0.200. The Balaban J connectivity index is 1.77. The normalized spacial score (nSPS) is 11.7. The van der Waals surface area contributed by atoms with Gasteiger partial charge in [0.25, 0.3) is 0 Å². The van der Waals surface area contributed by atoms with E-state index in [1.54, 1.807) is 7.11 Å². The highest BCUT2D eigenvalue weighted by Crippen LogP contribution is 2.31. The first kappa shape index (κ1) is 31.8. The first-order valence-corrected chi connectivity index (χ1v) is 14.7. The number of unbranched alkanes of at least 4 members (excludes halogenated alkanes) is 3. The van der Waals surface area contributed by atoms with Gasteiger partial charge >= 0.3 is 6.09 Å². The molecule has 3 rings (SSSR count). The van der Waals surface area contributed by atoms with E-state index in [2.05, 4.69) is 62.4 Å². The van der Waals surface area contributed by atoms with Gasteiger partial charge < -0.3 is 24.4 Å². The van der Waals surface area contributed by atoms with E-state index in [0.29, 0.717) is 18.9 Å². The van der Waals surface area contributed by atoms with Gasteiger partial charge in [-0.05, 0) is 98.9 Å². The number of nitrogens with one attached hydrogen (secondary N) is 1. The maximum Gasteiger partial charge on any atom is 0.412 e. The van der Waals surface area contributed by atoms with Crippen LogP contribution >= 0.6 is 0 Å². The minimum absolute atomic E-state index is 0.415. The van der Waals surface area contributed by atoms with Gasteiger partial charge in [0.1, 0.15) is 17.2 Å². The fraction of sp³-hybridized carbons (Fsp3) is 0.400. The van der Waals surface area contributed by atoms with E-state index in [1.807, 2.05) is 48.5 Å². The number of allylic oxidation sites excluding steroid dienone is 1. The number of nitrogens with zero attached hydrogens (tertiary/aromatic N) is 1. The summed E-state index contributed by atoms with van der Waals surface area (Å²) in [5, 5.41) is 2.84. The summed E-state index contributed by atoms with van der Waals surface area (Å²) in [5.74, 6) is 2.23. The molecule has 41 heavy (non-hydrogen) atoms. The van der Waals surface area contributed by atoms with Crippen molar-refractivity contribution in [2.24, 2.45) is 0 Å². The summed E-state index contributed by atoms with van der Waals surface area (Å²) in [4.78, 5) is 14.4. The molecule has 6 heteroatoms. The number of ether oxygens (including phenoxy) is 3. The Bertz CT molecular complexity index is 1220. The molecule has 0 aliphatic rings. The van der Waals surface area contributed by atoms with Crippen molar-refractivity contribution < 1.29 is 19.0 Å². The monoisotopic (exact) mass is 558 g/mol. The van der Waals surface area contributed by atoms with Crippen molar-refractivity contribution >= 4 is 11.7 Å². The lowest BCUT2D eigenvalue weighted by atomic mass is 9.90. The highest BCUT2D eigenvalue weighted by molar-refractivity contribution is 5.82. The van der Waals surface area contributed by atoms with Crippen LogP contribution in [0.25, 0.3) is 5.57 Å². The van der Waals surface area contributed by atoms with Gasteiger partial charge in [0, 0.05) is 13.1 Å². The van der Waals surface area contributed by atoms with Crippen molar-refractivity contribution in [2.45, 2.75) is 52.4 Å². The van der Waals surface area contributed by atoms with Crippen molar-refractivity contribution in [3.63, 3.8) is 0 Å². The smallest absolute Gasteiger partial charge is 0.412 e. The van der Waals surface area contributed by atoms with Gasteiger partial charge in [-0.25, -0.2) is 4.79 Å². The second-order valence-corrected chi connectivity index (χ2v) is 10.6. The quantitative estimate of drug-likeness (QED) is 0.182. The molecule has 6 nitrogen and oxygen atoms in total. The second-order valence-electron chi connectivity index (χ2n) is 10.6. The molecular formula is C35H46N2O4. The minimum Gasteiger partial charge on any atom is -0.497 e. The number of amides is 1. The molecule has 0 unspecified atom stereocenters. The van der Waals surface area contributed by atoms with Gasteiger partial charge in [0.05, 0.1) is 13.7 Å². The van der Waals surface area contributed by atoms with E-state index in [4.69, 9.17) is 14.2 Å². The van der Waals surface area contributed by atoms with Gasteiger partial charge in [0.15, 0.2) is 0 Å². The number of benzene rings is 3. The fourth-order valence-corrected chi connectivity index (χ4v) is 4.66. The summed E-state index contributed by atoms with van der Waals surface area (Å²) in [6.45, 7) is 6.65. The van der Waals surface area contributed by atoms with Crippen LogP contribution < -0.4 is 19.5 Å². The van der Waals surface area contributed by atoms with Crippen LogP contribution in [0.3, 0.4) is 0 Å². The molecule has 0 aromatic heterocycles. The molecular weight excluding hydrogens is 512 g/mol. The van der Waals surface area contributed by atoms with Crippen LogP contribution in [-0.4, -0.2) is 51.9 Å². The van der Waals surface area contributed by atoms with Crippen molar-refractivity contribution in [2.75, 3.05) is 40.9 Å². The Labute approximate surface area is 246 Å². The molecule has 0 saturated heterocycles. The predicted molar refractivity (Wildman–Crippen MR) is 168 cm³/mol. The first-order chi connectivity index (χ1) is 19.9. The van der Waals surface area contributed by atoms with Gasteiger partial charge in [-0.15, -0.1) is 0 Å². The zero-order chi connectivity index (χ0) is 29.5. The lowest BCUT2D eigenvalue weighted by Crippen LogP contribution is -2.27. The predicted octanol–water partition coefficient (Wildman–Crippen LogP) is 7.76. The third kappa shape index (κ3) is 11.0. The molecule has 3 aromatic rings. The molecule has 0 bridgehead atoms. The van der Waals surface area contributed by atoms with E-state index in [1.165, 1.54) is 24.0 Å². The van der Waals surface area contributed by atoms with Crippen molar-refractivity contribution in [1.82, 2.24) is 10.2 Å². The maximum absolute atomic E-state index is 12.2. The van der Waals surface area contributed by atoms with Crippen LogP contribution in [0.5, 0.6) is 17.2 Å². The van der Waals surface area contributed by atoms with Crippen LogP contribution in [-0.2, 0) is 6.42 Å². The average Bonchev–Trinajstić information content (AvgIpc) is 2.97. The van der Waals surface area contributed by atoms with Crippen LogP contribution in [0.4, 0.5) is 4.79 Å². The van der Waals surface area contributed by atoms with E-state index < -0.39 is 6.09 Å². The van der Waals surface area contributed by atoms with Crippen molar-refractivity contribution in [3.05, 3.63) is 95.1 Å². The zero-order valence-electron chi connectivity index (χ0n) is 25.4. The standard InChI is InChI=1S/C35H46N2O4/c1-6-7-8-9-23-36-35(38)41-33-21-15-30(16-22-33)34(27(2)26-28-11-17-31(39-5)18-12-28)29-13-19-32(20-14-29)40-25-10-24-37(3)4/h11-22H,6-10,23-26H2,1-5H3,(H,36,38)/b34-27-. The molecule has 1 N–H and O–H groups in total. The summed E-state index contributed by atoms with van der Waals surface area (Å²) in [7, 11) is 5.82. The van der Waals surface area contributed by atoms with Crippen molar-refractivity contribution in [3.8, 4) is 17.2 Å². The van der Waals surface area contributed by atoms with Crippen molar-refractivity contribution in [1.29, 1.82) is 0 Å². The summed E-state index contributed by atoms with van der Waals surface area (Å²) in [6, 6.07) is 24.2. The molecule has 0 aliphatic heterocycles. The Morgan fingerprint density at radius 3 is 1.98 bits per heavy atom. The largest absolute Gasteiger partial charge is 0.497 e. The van der Waals surface area contributed by atoms with E-state index in [9.17, 15) is 4.79 Å². The number of hydrogen-bond donors (Lipinski definition) is 1. The number of carbonyl (C=O) groups is 1. The third-order valence-corrected chi connectivity index (χ3v) is 6.87. The number of rotatable bonds is 16. The Hall–Kier alpha value is -3.77. The summed E-state index contributed by atoms with van der Waals surface area (Å²) in [5.41, 5.74) is 5.75. The van der Waals surface area contributed by atoms with E-state index >= 15 is 0 Å². The molecule has 0 aliphatic carbocycles. The van der Waals surface area contributed by atoms with E-state index in [0.717, 1.165) is 60.4 Å². The third-order valence-electron chi connectivity index (χ3n) is 6.87. The van der Waals surface area contributed by atoms with Gasteiger partial charge in [0.2, 0.25) is 0 Å². The molecule has 0 atom stereocenters. The molecule has 1 amide bonds. The molecule has 0 spiro atoms. The van der Waals surface area contributed by atoms with Gasteiger partial charge in [-0.2, -0.15) is 0 Å². The maximum atomic E-state index is 12.2. The Morgan fingerprint density at radius 2 is 1.39 bits per heavy atom. The Kier molecular flexibility index (Phi) is 13.3. The highest BCUT2D eigenvalue weighted by atomic mass is 16.6. The molecule has 3 aromatic carbocycles. The SMILES string of the molecule is CCCCCCNC(=O)Oc1ccc(/C(=C(/C)Cc2ccc(OC)cc2)c2ccc(OCCCN(C)C)cc2)cc1. The number of hydrogen-bond acceptors (Lipinski definition) is 5. The number of carbonyl (C=O) groups excluding carboxylic acids is 1. The second kappa shape index (κ2) is 17.1. The summed E-state index contributed by atoms with van der Waals surface area (Å²) in [6.07, 6.45) is 5.78. The van der Waals surface area contributed by atoms with Crippen LogP contribution in [0.2, 0.25) is 0 Å². The van der Waals surface area contributed by atoms with Gasteiger partial charge in [-0.3, -0.25) is 0 Å². The van der Waals surface area contributed by atoms with E-state index in [-0.39, 0.29) is 0 Å².